The molecule has 5 heteroatoms. The van der Waals surface area contributed by atoms with Crippen LogP contribution in [0.4, 0.5) is 0 Å². The van der Waals surface area contributed by atoms with Gasteiger partial charge in [-0.3, -0.25) is 9.19 Å². The third-order valence-electron chi connectivity index (χ3n) is 2.42. The van der Waals surface area contributed by atoms with Crippen molar-refractivity contribution in [2.75, 3.05) is 6.54 Å². The molecule has 1 unspecified atom stereocenters. The van der Waals surface area contributed by atoms with Gasteiger partial charge in [-0.15, -0.1) is 0 Å². The number of rotatable bonds is 2. The zero-order valence-electron chi connectivity index (χ0n) is 9.63. The predicted molar refractivity (Wildman–Crippen MR) is 63.2 cm³/mol. The van der Waals surface area contributed by atoms with E-state index in [0.717, 1.165) is 18.5 Å². The van der Waals surface area contributed by atoms with Crippen LogP contribution in [-0.4, -0.2) is 24.6 Å². The fraction of sp³-hybridized carbons (Fsp3) is 0.545. The summed E-state index contributed by atoms with van der Waals surface area (Å²) in [4.78, 5) is 4.18. The molecule has 4 nitrogen and oxygen atoms in total. The van der Waals surface area contributed by atoms with E-state index in [4.69, 9.17) is 0 Å². The molecule has 0 spiro atoms. The molecule has 1 aromatic rings. The summed E-state index contributed by atoms with van der Waals surface area (Å²) in [5.41, 5.74) is 0.842. The van der Waals surface area contributed by atoms with Gasteiger partial charge in [0.25, 0.3) is 0 Å². The third kappa shape index (κ3) is 3.10. The molecular formula is C11H17N2O2S-. The van der Waals surface area contributed by atoms with Crippen LogP contribution in [0.1, 0.15) is 38.4 Å². The van der Waals surface area contributed by atoms with E-state index in [1.807, 2.05) is 32.0 Å². The minimum Gasteiger partial charge on any atom is -0.760 e. The van der Waals surface area contributed by atoms with Crippen LogP contribution in [0.15, 0.2) is 24.4 Å². The maximum atomic E-state index is 10.9. The molecule has 0 aliphatic carbocycles. The second-order valence-electron chi connectivity index (χ2n) is 3.27. The van der Waals surface area contributed by atoms with Gasteiger partial charge in [0.05, 0.1) is 11.7 Å². The number of hydrogen-bond acceptors (Lipinski definition) is 3. The molecule has 1 aromatic heterocycles. The van der Waals surface area contributed by atoms with Crippen molar-refractivity contribution in [2.45, 2.75) is 32.7 Å². The van der Waals surface area contributed by atoms with E-state index < -0.39 is 11.3 Å². The number of pyridine rings is 1. The molecule has 1 aliphatic rings. The first kappa shape index (κ1) is 13.3. The standard InChI is InChI=1S/C9H12N2O2S.C2H6/c12-14(13)11-7-3-5-9(11)8-4-1-2-6-10-8;1-2/h1-2,4,6,9H,3,5,7H2,(H,12,13);1-2H3/p-1/t9-;/m1./s1. The Morgan fingerprint density at radius 1 is 1.50 bits per heavy atom. The van der Waals surface area contributed by atoms with Gasteiger partial charge in [0.15, 0.2) is 0 Å². The van der Waals surface area contributed by atoms with Crippen LogP contribution in [0.5, 0.6) is 0 Å². The summed E-state index contributed by atoms with van der Waals surface area (Å²) in [6, 6.07) is 5.52. The number of hydrogen-bond donors (Lipinski definition) is 0. The number of nitrogens with zero attached hydrogens (tertiary/aromatic N) is 2. The fourth-order valence-electron chi connectivity index (χ4n) is 1.79. The Balaban J connectivity index is 0.000000606. The van der Waals surface area contributed by atoms with Crippen LogP contribution in [0.25, 0.3) is 0 Å². The smallest absolute Gasteiger partial charge is 0.0637 e. The largest absolute Gasteiger partial charge is 0.760 e. The van der Waals surface area contributed by atoms with E-state index >= 15 is 0 Å². The molecular weight excluding hydrogens is 224 g/mol. The highest BCUT2D eigenvalue weighted by molar-refractivity contribution is 7.76. The Morgan fingerprint density at radius 2 is 2.25 bits per heavy atom. The van der Waals surface area contributed by atoms with Gasteiger partial charge >= 0.3 is 0 Å². The maximum Gasteiger partial charge on any atom is 0.0637 e. The average Bonchev–Trinajstić information content (AvgIpc) is 2.82. The third-order valence-corrected chi connectivity index (χ3v) is 3.24. The normalized spacial score (nSPS) is 22.3. The lowest BCUT2D eigenvalue weighted by Crippen LogP contribution is -2.25. The van der Waals surface area contributed by atoms with Gasteiger partial charge in [-0.25, -0.2) is 4.31 Å². The summed E-state index contributed by atoms with van der Waals surface area (Å²) in [6.07, 6.45) is 3.47. The molecule has 0 radical (unpaired) electrons. The topological polar surface area (TPSA) is 56.3 Å². The lowest BCUT2D eigenvalue weighted by molar-refractivity contribution is 0.370. The molecule has 1 aliphatic heterocycles. The first-order valence-electron chi connectivity index (χ1n) is 5.56. The minimum atomic E-state index is -2.13. The van der Waals surface area contributed by atoms with Crippen LogP contribution >= 0.6 is 0 Å². The van der Waals surface area contributed by atoms with Gasteiger partial charge in [-0.05, 0) is 25.0 Å². The molecule has 2 atom stereocenters. The summed E-state index contributed by atoms with van der Waals surface area (Å²) in [7, 11) is 0. The van der Waals surface area contributed by atoms with Crippen molar-refractivity contribution in [3.8, 4) is 0 Å². The van der Waals surface area contributed by atoms with Crippen LogP contribution in [0.3, 0.4) is 0 Å². The molecule has 0 N–H and O–H groups in total. The molecule has 1 fully saturated rings. The van der Waals surface area contributed by atoms with Gasteiger partial charge in [0.2, 0.25) is 0 Å². The summed E-state index contributed by atoms with van der Waals surface area (Å²) < 4.78 is 23.2. The monoisotopic (exact) mass is 241 g/mol. The van der Waals surface area contributed by atoms with Crippen molar-refractivity contribution in [1.29, 1.82) is 0 Å². The highest BCUT2D eigenvalue weighted by Gasteiger charge is 2.27. The van der Waals surface area contributed by atoms with Gasteiger partial charge in [-0.2, -0.15) is 0 Å². The minimum absolute atomic E-state index is 0.0606. The molecule has 0 aromatic carbocycles. The van der Waals surface area contributed by atoms with Gasteiger partial charge in [0, 0.05) is 24.0 Å². The second-order valence-corrected chi connectivity index (χ2v) is 4.17. The van der Waals surface area contributed by atoms with Crippen molar-refractivity contribution in [3.63, 3.8) is 0 Å². The molecule has 2 rings (SSSR count). The van der Waals surface area contributed by atoms with E-state index in [1.54, 1.807) is 6.20 Å². The van der Waals surface area contributed by atoms with Crippen molar-refractivity contribution in [3.05, 3.63) is 30.1 Å². The van der Waals surface area contributed by atoms with Crippen LogP contribution in [-0.2, 0) is 11.3 Å². The highest BCUT2D eigenvalue weighted by atomic mass is 32.2. The SMILES string of the molecule is CC.O=S([O-])N1CCC[C@@H]1c1ccccn1. The van der Waals surface area contributed by atoms with Gasteiger partial charge in [0.1, 0.15) is 0 Å². The summed E-state index contributed by atoms with van der Waals surface area (Å²) >= 11 is -2.13. The quantitative estimate of drug-likeness (QED) is 0.744. The van der Waals surface area contributed by atoms with Crippen molar-refractivity contribution in [2.24, 2.45) is 0 Å². The summed E-state index contributed by atoms with van der Waals surface area (Å²) in [5.74, 6) is 0. The Kier molecular flexibility index (Phi) is 5.59. The lowest BCUT2D eigenvalue weighted by atomic mass is 10.1. The Morgan fingerprint density at radius 3 is 2.81 bits per heavy atom. The van der Waals surface area contributed by atoms with E-state index in [-0.39, 0.29) is 6.04 Å². The van der Waals surface area contributed by atoms with Crippen molar-refractivity contribution in [1.82, 2.24) is 9.29 Å². The van der Waals surface area contributed by atoms with Crippen molar-refractivity contribution < 1.29 is 8.76 Å². The molecule has 16 heavy (non-hydrogen) atoms. The summed E-state index contributed by atoms with van der Waals surface area (Å²) in [5, 5.41) is 0. The van der Waals surface area contributed by atoms with E-state index in [1.165, 1.54) is 4.31 Å². The Bertz CT molecular complexity index is 332. The second kappa shape index (κ2) is 6.73. The molecule has 0 bridgehead atoms. The highest BCUT2D eigenvalue weighted by Crippen LogP contribution is 2.30. The molecule has 90 valence electrons. The zero-order chi connectivity index (χ0) is 12.0. The van der Waals surface area contributed by atoms with E-state index in [9.17, 15) is 8.76 Å². The summed E-state index contributed by atoms with van der Waals surface area (Å²) in [6.45, 7) is 4.61. The van der Waals surface area contributed by atoms with E-state index in [2.05, 4.69) is 4.98 Å². The molecule has 0 amide bonds. The molecule has 2 heterocycles. The predicted octanol–water partition coefficient (Wildman–Crippen LogP) is 2.04. The Hall–Kier alpha value is -0.780. The Labute approximate surface area is 99.1 Å². The number of aromatic nitrogens is 1. The molecule has 0 saturated carbocycles. The first-order valence-corrected chi connectivity index (χ1v) is 6.59. The lowest BCUT2D eigenvalue weighted by Gasteiger charge is -2.25. The van der Waals surface area contributed by atoms with E-state index in [0.29, 0.717) is 6.54 Å². The van der Waals surface area contributed by atoms with Crippen LogP contribution in [0, 0.1) is 0 Å². The van der Waals surface area contributed by atoms with Crippen LogP contribution in [0.2, 0.25) is 0 Å². The van der Waals surface area contributed by atoms with Gasteiger partial charge < -0.3 is 4.55 Å². The molecule has 1 saturated heterocycles. The first-order chi connectivity index (χ1) is 7.79. The average molecular weight is 241 g/mol. The maximum absolute atomic E-state index is 10.9. The van der Waals surface area contributed by atoms with Gasteiger partial charge in [-0.1, -0.05) is 19.9 Å². The van der Waals surface area contributed by atoms with Crippen molar-refractivity contribution >= 4 is 11.3 Å². The zero-order valence-corrected chi connectivity index (χ0v) is 10.4. The fourth-order valence-corrected chi connectivity index (χ4v) is 2.49. The van der Waals surface area contributed by atoms with Crippen LogP contribution < -0.4 is 0 Å².